The summed E-state index contributed by atoms with van der Waals surface area (Å²) in [4.78, 5) is 37.2. The lowest BCUT2D eigenvalue weighted by molar-refractivity contribution is -0.143. The highest BCUT2D eigenvalue weighted by Crippen LogP contribution is 2.37. The topological polar surface area (TPSA) is 66.5 Å². The lowest BCUT2D eigenvalue weighted by Crippen LogP contribution is -2.41. The minimum atomic E-state index is -0.242. The van der Waals surface area contributed by atoms with Gasteiger partial charge in [0, 0.05) is 6.54 Å². The standard InChI is InChI=1S/C14H22N2O3/c1-9(2)7-15-12(17)8-16-13(18)10-5-3-4-6-11(10)14(16)19/h9-11H,3-8H2,1-2H3,(H,15,17)/t10-,11+. The molecule has 1 aliphatic heterocycles. The van der Waals surface area contributed by atoms with Gasteiger partial charge in [0.1, 0.15) is 6.54 Å². The number of fused-ring (bicyclic) bond motifs is 1. The van der Waals surface area contributed by atoms with E-state index in [4.69, 9.17) is 0 Å². The molecular formula is C14H22N2O3. The molecule has 1 saturated carbocycles. The molecule has 5 nitrogen and oxygen atoms in total. The third-order valence-electron chi connectivity index (χ3n) is 3.94. The summed E-state index contributed by atoms with van der Waals surface area (Å²) in [6, 6.07) is 0. The van der Waals surface area contributed by atoms with Gasteiger partial charge in [-0.1, -0.05) is 26.7 Å². The van der Waals surface area contributed by atoms with Gasteiger partial charge in [0.25, 0.3) is 0 Å². The van der Waals surface area contributed by atoms with E-state index in [0.29, 0.717) is 12.5 Å². The normalized spacial score (nSPS) is 26.8. The first-order valence-electron chi connectivity index (χ1n) is 7.12. The van der Waals surface area contributed by atoms with Crippen molar-refractivity contribution in [3.8, 4) is 0 Å². The fraction of sp³-hybridized carbons (Fsp3) is 0.786. The molecule has 5 heteroatoms. The smallest absolute Gasteiger partial charge is 0.240 e. The zero-order chi connectivity index (χ0) is 14.0. The maximum absolute atomic E-state index is 12.1. The molecule has 1 saturated heterocycles. The van der Waals surface area contributed by atoms with Gasteiger partial charge >= 0.3 is 0 Å². The summed E-state index contributed by atoms with van der Waals surface area (Å²) in [5.41, 5.74) is 0. The number of nitrogens with one attached hydrogen (secondary N) is 1. The summed E-state index contributed by atoms with van der Waals surface area (Å²) >= 11 is 0. The second-order valence-electron chi connectivity index (χ2n) is 5.96. The molecular weight excluding hydrogens is 244 g/mol. The summed E-state index contributed by atoms with van der Waals surface area (Å²) in [7, 11) is 0. The molecule has 2 atom stereocenters. The summed E-state index contributed by atoms with van der Waals surface area (Å²) in [6.45, 7) is 4.46. The van der Waals surface area contributed by atoms with Gasteiger partial charge in [0.05, 0.1) is 11.8 Å². The highest BCUT2D eigenvalue weighted by atomic mass is 16.2. The molecule has 0 aromatic carbocycles. The van der Waals surface area contributed by atoms with Crippen LogP contribution in [0.3, 0.4) is 0 Å². The lowest BCUT2D eigenvalue weighted by Gasteiger charge is -2.19. The molecule has 2 rings (SSSR count). The van der Waals surface area contributed by atoms with Crippen LogP contribution in [0.25, 0.3) is 0 Å². The van der Waals surface area contributed by atoms with E-state index in [1.165, 1.54) is 0 Å². The van der Waals surface area contributed by atoms with Crippen LogP contribution in [0.4, 0.5) is 0 Å². The molecule has 106 valence electrons. The van der Waals surface area contributed by atoms with Crippen molar-refractivity contribution in [3.05, 3.63) is 0 Å². The predicted octanol–water partition coefficient (Wildman–Crippen LogP) is 0.934. The van der Waals surface area contributed by atoms with Crippen LogP contribution < -0.4 is 5.32 Å². The number of amides is 3. The van der Waals surface area contributed by atoms with E-state index in [0.717, 1.165) is 30.6 Å². The predicted molar refractivity (Wildman–Crippen MR) is 70.0 cm³/mol. The number of hydrogen-bond donors (Lipinski definition) is 1. The molecule has 1 N–H and O–H groups in total. The molecule has 2 fully saturated rings. The molecule has 0 radical (unpaired) electrons. The Kier molecular flexibility index (Phi) is 4.22. The Hall–Kier alpha value is -1.39. The van der Waals surface area contributed by atoms with Gasteiger partial charge in [0.15, 0.2) is 0 Å². The van der Waals surface area contributed by atoms with Gasteiger partial charge in [-0.05, 0) is 18.8 Å². The Morgan fingerprint density at radius 2 is 1.74 bits per heavy atom. The maximum Gasteiger partial charge on any atom is 0.240 e. The number of nitrogens with zero attached hydrogens (tertiary/aromatic N) is 1. The quantitative estimate of drug-likeness (QED) is 0.770. The Morgan fingerprint density at radius 1 is 1.21 bits per heavy atom. The Bertz CT molecular complexity index is 368. The molecule has 1 heterocycles. The molecule has 0 spiro atoms. The van der Waals surface area contributed by atoms with Crippen molar-refractivity contribution >= 4 is 17.7 Å². The molecule has 0 aromatic heterocycles. The van der Waals surface area contributed by atoms with Crippen LogP contribution in [-0.4, -0.2) is 35.7 Å². The zero-order valence-electron chi connectivity index (χ0n) is 11.6. The zero-order valence-corrected chi connectivity index (χ0v) is 11.6. The van der Waals surface area contributed by atoms with E-state index in [2.05, 4.69) is 5.32 Å². The van der Waals surface area contributed by atoms with E-state index in [1.54, 1.807) is 0 Å². The molecule has 3 amide bonds. The largest absolute Gasteiger partial charge is 0.354 e. The second-order valence-corrected chi connectivity index (χ2v) is 5.96. The SMILES string of the molecule is CC(C)CNC(=O)CN1C(=O)[C@H]2CCCC[C@H]2C1=O. The van der Waals surface area contributed by atoms with Crippen LogP contribution in [0.2, 0.25) is 0 Å². The third kappa shape index (κ3) is 2.96. The van der Waals surface area contributed by atoms with Crippen LogP contribution in [0.1, 0.15) is 39.5 Å². The monoisotopic (exact) mass is 266 g/mol. The first-order valence-corrected chi connectivity index (χ1v) is 7.12. The molecule has 1 aliphatic carbocycles. The summed E-state index contributed by atoms with van der Waals surface area (Å²) in [5, 5.41) is 2.75. The van der Waals surface area contributed by atoms with E-state index < -0.39 is 0 Å². The van der Waals surface area contributed by atoms with Crippen LogP contribution in [0.5, 0.6) is 0 Å². The van der Waals surface area contributed by atoms with E-state index in [-0.39, 0.29) is 36.1 Å². The van der Waals surface area contributed by atoms with Crippen LogP contribution in [0.15, 0.2) is 0 Å². The van der Waals surface area contributed by atoms with Gasteiger partial charge in [0.2, 0.25) is 17.7 Å². The number of imide groups is 1. The first kappa shape index (κ1) is 14.0. The Labute approximate surface area is 113 Å². The summed E-state index contributed by atoms with van der Waals surface area (Å²) < 4.78 is 0. The minimum Gasteiger partial charge on any atom is -0.354 e. The highest BCUT2D eigenvalue weighted by molar-refractivity contribution is 6.07. The summed E-state index contributed by atoms with van der Waals surface area (Å²) in [6.07, 6.45) is 3.60. The minimum absolute atomic E-state index is 0.114. The molecule has 2 aliphatic rings. The van der Waals surface area contributed by atoms with Gasteiger partial charge in [-0.15, -0.1) is 0 Å². The van der Waals surface area contributed by atoms with Crippen LogP contribution >= 0.6 is 0 Å². The number of carbonyl (C=O) groups is 3. The van der Waals surface area contributed by atoms with Gasteiger partial charge in [-0.25, -0.2) is 0 Å². The third-order valence-corrected chi connectivity index (χ3v) is 3.94. The number of carbonyl (C=O) groups excluding carboxylic acids is 3. The van der Waals surface area contributed by atoms with Crippen LogP contribution in [0, 0.1) is 17.8 Å². The van der Waals surface area contributed by atoms with Crippen molar-refractivity contribution in [2.75, 3.05) is 13.1 Å². The molecule has 19 heavy (non-hydrogen) atoms. The molecule has 0 bridgehead atoms. The van der Waals surface area contributed by atoms with Crippen LogP contribution in [-0.2, 0) is 14.4 Å². The number of hydrogen-bond acceptors (Lipinski definition) is 3. The average Bonchev–Trinajstić information content (AvgIpc) is 2.62. The van der Waals surface area contributed by atoms with E-state index in [1.807, 2.05) is 13.8 Å². The first-order chi connectivity index (χ1) is 9.00. The maximum atomic E-state index is 12.1. The average molecular weight is 266 g/mol. The van der Waals surface area contributed by atoms with Gasteiger partial charge < -0.3 is 5.32 Å². The van der Waals surface area contributed by atoms with Crippen molar-refractivity contribution in [3.63, 3.8) is 0 Å². The highest BCUT2D eigenvalue weighted by Gasteiger charge is 2.48. The van der Waals surface area contributed by atoms with Crippen molar-refractivity contribution in [1.29, 1.82) is 0 Å². The number of rotatable bonds is 4. The lowest BCUT2D eigenvalue weighted by atomic mass is 9.81. The Morgan fingerprint density at radius 3 is 2.21 bits per heavy atom. The van der Waals surface area contributed by atoms with Crippen molar-refractivity contribution in [2.45, 2.75) is 39.5 Å². The van der Waals surface area contributed by atoms with Gasteiger partial charge in [-0.2, -0.15) is 0 Å². The Balaban J connectivity index is 1.95. The second kappa shape index (κ2) is 5.72. The van der Waals surface area contributed by atoms with Gasteiger partial charge in [-0.3, -0.25) is 19.3 Å². The number of likely N-dealkylation sites (tertiary alicyclic amines) is 1. The van der Waals surface area contributed by atoms with E-state index in [9.17, 15) is 14.4 Å². The summed E-state index contributed by atoms with van der Waals surface area (Å²) in [5.74, 6) is -0.507. The fourth-order valence-electron chi connectivity index (χ4n) is 2.90. The van der Waals surface area contributed by atoms with Crippen molar-refractivity contribution < 1.29 is 14.4 Å². The fourth-order valence-corrected chi connectivity index (χ4v) is 2.90. The molecule has 0 unspecified atom stereocenters. The molecule has 0 aromatic rings. The van der Waals surface area contributed by atoms with Crippen molar-refractivity contribution in [1.82, 2.24) is 10.2 Å². The van der Waals surface area contributed by atoms with Crippen molar-refractivity contribution in [2.24, 2.45) is 17.8 Å². The van der Waals surface area contributed by atoms with E-state index >= 15 is 0 Å².